The van der Waals surface area contributed by atoms with E-state index < -0.39 is 0 Å². The van der Waals surface area contributed by atoms with Gasteiger partial charge in [-0.3, -0.25) is 4.79 Å². The molecule has 2 rings (SSSR count). The van der Waals surface area contributed by atoms with E-state index in [4.69, 9.17) is 5.73 Å². The molecule has 4 nitrogen and oxygen atoms in total. The fourth-order valence-electron chi connectivity index (χ4n) is 2.07. The zero-order valence-electron chi connectivity index (χ0n) is 8.77. The van der Waals surface area contributed by atoms with E-state index in [0.29, 0.717) is 5.13 Å². The maximum absolute atomic E-state index is 11.5. The molecule has 0 radical (unpaired) electrons. The minimum Gasteiger partial charge on any atom is -0.375 e. The number of carbonyl (C=O) groups excluding carboxylic acids is 1. The zero-order chi connectivity index (χ0) is 10.8. The van der Waals surface area contributed by atoms with E-state index in [9.17, 15) is 4.79 Å². The van der Waals surface area contributed by atoms with Gasteiger partial charge >= 0.3 is 0 Å². The second kappa shape index (κ2) is 4.18. The van der Waals surface area contributed by atoms with Crippen LogP contribution in [-0.4, -0.2) is 22.3 Å². The van der Waals surface area contributed by atoms with Crippen molar-refractivity contribution in [2.45, 2.75) is 32.2 Å². The summed E-state index contributed by atoms with van der Waals surface area (Å²) in [6.45, 7) is 2.46. The minimum atomic E-state index is 0.131. The zero-order valence-corrected chi connectivity index (χ0v) is 9.59. The number of nitrogen functional groups attached to an aromatic ring is 1. The van der Waals surface area contributed by atoms with Crippen LogP contribution >= 0.6 is 11.3 Å². The van der Waals surface area contributed by atoms with E-state index in [2.05, 4.69) is 4.98 Å². The van der Waals surface area contributed by atoms with Gasteiger partial charge in [0.25, 0.3) is 0 Å². The van der Waals surface area contributed by atoms with Crippen molar-refractivity contribution in [2.75, 3.05) is 12.3 Å². The standard InChI is InChI=1S/C10H15N3OS/c1-7(14)13-5-3-2-4-9(13)8-6-15-10(11)12-8/h6,9H,2-5H2,1H3,(H2,11,12)/t9-/m1/s1. The van der Waals surface area contributed by atoms with Crippen LogP contribution in [0.15, 0.2) is 5.38 Å². The Morgan fingerprint density at radius 3 is 3.07 bits per heavy atom. The molecule has 1 fully saturated rings. The Labute approximate surface area is 93.1 Å². The largest absolute Gasteiger partial charge is 0.375 e. The van der Waals surface area contributed by atoms with Crippen LogP contribution in [0.4, 0.5) is 5.13 Å². The van der Waals surface area contributed by atoms with Gasteiger partial charge in [-0.1, -0.05) is 0 Å². The molecular formula is C10H15N3OS. The van der Waals surface area contributed by atoms with Gasteiger partial charge in [0, 0.05) is 18.8 Å². The van der Waals surface area contributed by atoms with Gasteiger partial charge in [0.1, 0.15) is 0 Å². The van der Waals surface area contributed by atoms with Gasteiger partial charge in [-0.05, 0) is 19.3 Å². The van der Waals surface area contributed by atoms with Crippen molar-refractivity contribution in [3.8, 4) is 0 Å². The quantitative estimate of drug-likeness (QED) is 0.792. The molecule has 82 valence electrons. The summed E-state index contributed by atoms with van der Waals surface area (Å²) >= 11 is 1.44. The summed E-state index contributed by atoms with van der Waals surface area (Å²) in [5.74, 6) is 0.131. The summed E-state index contributed by atoms with van der Waals surface area (Å²) < 4.78 is 0. The lowest BCUT2D eigenvalue weighted by atomic mass is 10.00. The third-order valence-electron chi connectivity index (χ3n) is 2.79. The van der Waals surface area contributed by atoms with E-state index in [-0.39, 0.29) is 11.9 Å². The average molecular weight is 225 g/mol. The Bertz CT molecular complexity index is 363. The highest BCUT2D eigenvalue weighted by Gasteiger charge is 2.27. The normalized spacial score (nSPS) is 21.7. The van der Waals surface area contributed by atoms with Crippen molar-refractivity contribution < 1.29 is 4.79 Å². The van der Waals surface area contributed by atoms with E-state index in [1.165, 1.54) is 11.3 Å². The maximum Gasteiger partial charge on any atom is 0.220 e. The molecule has 1 aromatic rings. The van der Waals surface area contributed by atoms with E-state index in [0.717, 1.165) is 31.5 Å². The third kappa shape index (κ3) is 2.12. The lowest BCUT2D eigenvalue weighted by molar-refractivity contribution is -0.132. The van der Waals surface area contributed by atoms with Crippen molar-refractivity contribution in [3.05, 3.63) is 11.1 Å². The van der Waals surface area contributed by atoms with Crippen LogP contribution in [0.1, 0.15) is 37.9 Å². The van der Waals surface area contributed by atoms with Crippen LogP contribution in [-0.2, 0) is 4.79 Å². The highest BCUT2D eigenvalue weighted by molar-refractivity contribution is 7.13. The fraction of sp³-hybridized carbons (Fsp3) is 0.600. The first kappa shape index (κ1) is 10.4. The van der Waals surface area contributed by atoms with Gasteiger partial charge in [0.15, 0.2) is 5.13 Å². The van der Waals surface area contributed by atoms with Crippen LogP contribution < -0.4 is 5.73 Å². The monoisotopic (exact) mass is 225 g/mol. The second-order valence-corrected chi connectivity index (χ2v) is 4.72. The number of hydrogen-bond acceptors (Lipinski definition) is 4. The molecule has 1 aromatic heterocycles. The van der Waals surface area contributed by atoms with Gasteiger partial charge in [-0.2, -0.15) is 0 Å². The lowest BCUT2D eigenvalue weighted by Gasteiger charge is -2.33. The first-order valence-electron chi connectivity index (χ1n) is 5.16. The molecule has 2 N–H and O–H groups in total. The number of thiazole rings is 1. The predicted octanol–water partition coefficient (Wildman–Crippen LogP) is 1.80. The Morgan fingerprint density at radius 2 is 2.47 bits per heavy atom. The summed E-state index contributed by atoms with van der Waals surface area (Å²) in [6.07, 6.45) is 3.25. The molecule has 15 heavy (non-hydrogen) atoms. The maximum atomic E-state index is 11.5. The number of nitrogens with zero attached hydrogens (tertiary/aromatic N) is 2. The summed E-state index contributed by atoms with van der Waals surface area (Å²) in [5, 5.41) is 2.54. The molecule has 0 spiro atoms. The molecule has 2 heterocycles. The van der Waals surface area contributed by atoms with Gasteiger partial charge < -0.3 is 10.6 Å². The number of anilines is 1. The molecule has 0 aromatic carbocycles. The van der Waals surface area contributed by atoms with E-state index in [1.807, 2.05) is 10.3 Å². The highest BCUT2D eigenvalue weighted by Crippen LogP contribution is 2.31. The molecule has 1 aliphatic rings. The number of piperidine rings is 1. The van der Waals surface area contributed by atoms with Gasteiger partial charge in [-0.25, -0.2) is 4.98 Å². The van der Waals surface area contributed by atoms with E-state index >= 15 is 0 Å². The number of hydrogen-bond donors (Lipinski definition) is 1. The fourth-order valence-corrected chi connectivity index (χ4v) is 2.68. The Morgan fingerprint density at radius 1 is 1.67 bits per heavy atom. The first-order chi connectivity index (χ1) is 7.18. The number of aromatic nitrogens is 1. The Kier molecular flexibility index (Phi) is 2.90. The van der Waals surface area contributed by atoms with Crippen molar-refractivity contribution >= 4 is 22.4 Å². The summed E-state index contributed by atoms with van der Waals surface area (Å²) in [7, 11) is 0. The molecule has 0 saturated carbocycles. The molecule has 0 unspecified atom stereocenters. The van der Waals surface area contributed by atoms with Crippen LogP contribution in [0, 0.1) is 0 Å². The van der Waals surface area contributed by atoms with Crippen LogP contribution in [0.2, 0.25) is 0 Å². The molecule has 1 saturated heterocycles. The number of rotatable bonds is 1. The molecule has 1 amide bonds. The smallest absolute Gasteiger partial charge is 0.220 e. The van der Waals surface area contributed by atoms with E-state index in [1.54, 1.807) is 6.92 Å². The van der Waals surface area contributed by atoms with Crippen molar-refractivity contribution in [1.29, 1.82) is 0 Å². The number of likely N-dealkylation sites (tertiary alicyclic amines) is 1. The summed E-state index contributed by atoms with van der Waals surface area (Å²) in [4.78, 5) is 17.6. The third-order valence-corrected chi connectivity index (χ3v) is 3.48. The topological polar surface area (TPSA) is 59.2 Å². The number of nitrogens with two attached hydrogens (primary N) is 1. The summed E-state index contributed by atoms with van der Waals surface area (Å²) in [6, 6.07) is 0.143. The Balaban J connectivity index is 2.21. The molecule has 1 atom stereocenters. The minimum absolute atomic E-state index is 0.131. The van der Waals surface area contributed by atoms with Gasteiger partial charge in [-0.15, -0.1) is 11.3 Å². The lowest BCUT2D eigenvalue weighted by Crippen LogP contribution is -2.37. The van der Waals surface area contributed by atoms with Crippen LogP contribution in [0.25, 0.3) is 0 Å². The molecule has 0 aliphatic carbocycles. The second-order valence-electron chi connectivity index (χ2n) is 3.83. The predicted molar refractivity (Wildman–Crippen MR) is 60.5 cm³/mol. The molecular weight excluding hydrogens is 210 g/mol. The van der Waals surface area contributed by atoms with Crippen LogP contribution in [0.5, 0.6) is 0 Å². The number of carbonyl (C=O) groups is 1. The van der Waals surface area contributed by atoms with Gasteiger partial charge in [0.05, 0.1) is 11.7 Å². The average Bonchev–Trinajstić information content (AvgIpc) is 2.65. The highest BCUT2D eigenvalue weighted by atomic mass is 32.1. The Hall–Kier alpha value is -1.10. The van der Waals surface area contributed by atoms with Crippen molar-refractivity contribution in [3.63, 3.8) is 0 Å². The van der Waals surface area contributed by atoms with Gasteiger partial charge in [0.2, 0.25) is 5.91 Å². The SMILES string of the molecule is CC(=O)N1CCCC[C@@H]1c1csc(N)n1. The molecule has 5 heteroatoms. The van der Waals surface area contributed by atoms with Crippen LogP contribution in [0.3, 0.4) is 0 Å². The van der Waals surface area contributed by atoms with Crippen molar-refractivity contribution in [2.24, 2.45) is 0 Å². The van der Waals surface area contributed by atoms with Crippen molar-refractivity contribution in [1.82, 2.24) is 9.88 Å². The first-order valence-corrected chi connectivity index (χ1v) is 6.04. The molecule has 0 bridgehead atoms. The molecule has 1 aliphatic heterocycles. The summed E-state index contributed by atoms with van der Waals surface area (Å²) in [5.41, 5.74) is 6.56. The number of amides is 1.